The molecular weight excluding hydrogens is 324 g/mol. The molecule has 0 aliphatic carbocycles. The summed E-state index contributed by atoms with van der Waals surface area (Å²) in [6.45, 7) is 4.41. The summed E-state index contributed by atoms with van der Waals surface area (Å²) in [5.41, 5.74) is 3.93. The smallest absolute Gasteiger partial charge is 0.233 e. The molecule has 126 valence electrons. The molecule has 5 heteroatoms. The number of hydrogen-bond acceptors (Lipinski definition) is 2. The van der Waals surface area contributed by atoms with Crippen LogP contribution in [0, 0.1) is 13.8 Å². The lowest BCUT2D eigenvalue weighted by Crippen LogP contribution is -2.29. The molecule has 2 aromatic carbocycles. The molecule has 0 spiro atoms. The van der Waals surface area contributed by atoms with Crippen LogP contribution in [0.2, 0.25) is 5.02 Å². The molecule has 2 amide bonds. The first-order valence-electron chi connectivity index (χ1n) is 7.81. The number of benzene rings is 2. The summed E-state index contributed by atoms with van der Waals surface area (Å²) < 4.78 is 0. The van der Waals surface area contributed by atoms with E-state index < -0.39 is 0 Å². The van der Waals surface area contributed by atoms with E-state index in [2.05, 4.69) is 10.6 Å². The van der Waals surface area contributed by atoms with Crippen LogP contribution in [0.25, 0.3) is 0 Å². The van der Waals surface area contributed by atoms with Crippen LogP contribution >= 0.6 is 11.6 Å². The molecule has 0 heterocycles. The van der Waals surface area contributed by atoms with Gasteiger partial charge in [-0.05, 0) is 61.2 Å². The van der Waals surface area contributed by atoms with Crippen molar-refractivity contribution in [3.63, 3.8) is 0 Å². The number of rotatable bonds is 6. The summed E-state index contributed by atoms with van der Waals surface area (Å²) in [6, 6.07) is 13.3. The maximum atomic E-state index is 11.9. The molecule has 0 saturated heterocycles. The minimum atomic E-state index is -0.316. The first kappa shape index (κ1) is 18.0. The van der Waals surface area contributed by atoms with Gasteiger partial charge in [0, 0.05) is 17.3 Å². The lowest BCUT2D eigenvalue weighted by molar-refractivity contribution is -0.126. The van der Waals surface area contributed by atoms with Crippen LogP contribution in [-0.4, -0.2) is 18.4 Å². The fraction of sp³-hybridized carbons (Fsp3) is 0.263. The summed E-state index contributed by atoms with van der Waals surface area (Å²) >= 11 is 5.83. The Bertz CT molecular complexity index is 706. The van der Waals surface area contributed by atoms with E-state index in [1.54, 1.807) is 0 Å². The van der Waals surface area contributed by atoms with E-state index in [4.69, 9.17) is 11.6 Å². The van der Waals surface area contributed by atoms with Crippen molar-refractivity contribution in [2.45, 2.75) is 26.7 Å². The molecule has 0 fully saturated rings. The third-order valence-electron chi connectivity index (χ3n) is 3.48. The van der Waals surface area contributed by atoms with Gasteiger partial charge in [0.25, 0.3) is 0 Å². The van der Waals surface area contributed by atoms with Gasteiger partial charge in [-0.3, -0.25) is 9.59 Å². The second-order valence-corrected chi connectivity index (χ2v) is 6.26. The minimum Gasteiger partial charge on any atom is -0.355 e. The molecule has 0 atom stereocenters. The summed E-state index contributed by atoms with van der Waals surface area (Å²) in [7, 11) is 0. The van der Waals surface area contributed by atoms with E-state index in [1.165, 1.54) is 0 Å². The van der Waals surface area contributed by atoms with Crippen LogP contribution in [0.15, 0.2) is 42.5 Å². The fourth-order valence-electron chi connectivity index (χ4n) is 2.46. The highest BCUT2D eigenvalue weighted by Crippen LogP contribution is 2.14. The van der Waals surface area contributed by atoms with Gasteiger partial charge in [0.1, 0.15) is 6.42 Å². The number of anilines is 1. The SMILES string of the molecule is Cc1cc(C)cc(NC(=O)CC(=O)NCCc2ccc(Cl)cc2)c1. The monoisotopic (exact) mass is 344 g/mol. The predicted molar refractivity (Wildman–Crippen MR) is 97.3 cm³/mol. The molecule has 0 aromatic heterocycles. The number of hydrogen-bond donors (Lipinski definition) is 2. The van der Waals surface area contributed by atoms with E-state index in [1.807, 2.05) is 56.3 Å². The number of aryl methyl sites for hydroxylation is 2. The second-order valence-electron chi connectivity index (χ2n) is 5.83. The molecular formula is C19H21ClN2O2. The number of carbonyl (C=O) groups is 2. The zero-order valence-corrected chi connectivity index (χ0v) is 14.6. The first-order chi connectivity index (χ1) is 11.4. The normalized spacial score (nSPS) is 10.3. The predicted octanol–water partition coefficient (Wildman–Crippen LogP) is 3.64. The third-order valence-corrected chi connectivity index (χ3v) is 3.73. The van der Waals surface area contributed by atoms with Crippen LogP contribution < -0.4 is 10.6 Å². The average molecular weight is 345 g/mol. The lowest BCUT2D eigenvalue weighted by Gasteiger charge is -2.08. The van der Waals surface area contributed by atoms with Gasteiger partial charge in [-0.25, -0.2) is 0 Å². The number of amides is 2. The maximum Gasteiger partial charge on any atom is 0.233 e. The number of halogens is 1. The van der Waals surface area contributed by atoms with Crippen molar-refractivity contribution in [1.82, 2.24) is 5.32 Å². The molecule has 2 N–H and O–H groups in total. The fourth-order valence-corrected chi connectivity index (χ4v) is 2.58. The van der Waals surface area contributed by atoms with Gasteiger partial charge in [-0.15, -0.1) is 0 Å². The molecule has 0 unspecified atom stereocenters. The van der Waals surface area contributed by atoms with Crippen molar-refractivity contribution in [2.24, 2.45) is 0 Å². The van der Waals surface area contributed by atoms with E-state index in [0.717, 1.165) is 16.7 Å². The van der Waals surface area contributed by atoms with Crippen LogP contribution in [0.3, 0.4) is 0 Å². The van der Waals surface area contributed by atoms with Gasteiger partial charge >= 0.3 is 0 Å². The van der Waals surface area contributed by atoms with Crippen LogP contribution in [0.1, 0.15) is 23.1 Å². The molecule has 0 radical (unpaired) electrons. The van der Waals surface area contributed by atoms with Gasteiger partial charge in [0.15, 0.2) is 0 Å². The Hall–Kier alpha value is -2.33. The highest BCUT2D eigenvalue weighted by atomic mass is 35.5. The zero-order chi connectivity index (χ0) is 17.5. The van der Waals surface area contributed by atoms with E-state index >= 15 is 0 Å². The third kappa shape index (κ3) is 6.05. The van der Waals surface area contributed by atoms with Crippen LogP contribution in [-0.2, 0) is 16.0 Å². The van der Waals surface area contributed by atoms with Crippen molar-refractivity contribution < 1.29 is 9.59 Å². The van der Waals surface area contributed by atoms with Crippen molar-refractivity contribution in [2.75, 3.05) is 11.9 Å². The zero-order valence-electron chi connectivity index (χ0n) is 13.9. The second kappa shape index (κ2) is 8.50. The minimum absolute atomic E-state index is 0.187. The van der Waals surface area contributed by atoms with E-state index in [-0.39, 0.29) is 18.2 Å². The molecule has 0 saturated carbocycles. The molecule has 2 aromatic rings. The number of nitrogens with one attached hydrogen (secondary N) is 2. The Morgan fingerprint density at radius 2 is 1.58 bits per heavy atom. The largest absolute Gasteiger partial charge is 0.355 e. The van der Waals surface area contributed by atoms with Gasteiger partial charge < -0.3 is 10.6 Å². The van der Waals surface area contributed by atoms with Crippen molar-refractivity contribution in [1.29, 1.82) is 0 Å². The van der Waals surface area contributed by atoms with E-state index in [9.17, 15) is 9.59 Å². The van der Waals surface area contributed by atoms with Crippen LogP contribution in [0.5, 0.6) is 0 Å². The van der Waals surface area contributed by atoms with Gasteiger partial charge in [0.05, 0.1) is 0 Å². The van der Waals surface area contributed by atoms with Crippen molar-refractivity contribution in [3.8, 4) is 0 Å². The Kier molecular flexibility index (Phi) is 6.38. The highest BCUT2D eigenvalue weighted by Gasteiger charge is 2.09. The summed E-state index contributed by atoms with van der Waals surface area (Å²) in [5.74, 6) is -0.602. The van der Waals surface area contributed by atoms with E-state index in [0.29, 0.717) is 23.7 Å². The average Bonchev–Trinajstić information content (AvgIpc) is 2.48. The Morgan fingerprint density at radius 1 is 0.958 bits per heavy atom. The topological polar surface area (TPSA) is 58.2 Å². The van der Waals surface area contributed by atoms with Gasteiger partial charge in [-0.1, -0.05) is 29.8 Å². The number of carbonyl (C=O) groups excluding carboxylic acids is 2. The molecule has 0 aliphatic heterocycles. The van der Waals surface area contributed by atoms with Gasteiger partial charge in [-0.2, -0.15) is 0 Å². The Labute approximate surface area is 147 Å². The summed E-state index contributed by atoms with van der Waals surface area (Å²) in [4.78, 5) is 23.8. The standard InChI is InChI=1S/C19H21ClN2O2/c1-13-9-14(2)11-17(10-13)22-19(24)12-18(23)21-8-7-15-3-5-16(20)6-4-15/h3-6,9-11H,7-8,12H2,1-2H3,(H,21,23)(H,22,24). The molecule has 0 bridgehead atoms. The first-order valence-corrected chi connectivity index (χ1v) is 8.19. The molecule has 0 aliphatic rings. The van der Waals surface area contributed by atoms with Crippen molar-refractivity contribution in [3.05, 3.63) is 64.2 Å². The quantitative estimate of drug-likeness (QED) is 0.786. The molecule has 24 heavy (non-hydrogen) atoms. The Morgan fingerprint density at radius 3 is 2.21 bits per heavy atom. The summed E-state index contributed by atoms with van der Waals surface area (Å²) in [5, 5.41) is 6.19. The van der Waals surface area contributed by atoms with Crippen molar-refractivity contribution >= 4 is 29.1 Å². The molecule has 4 nitrogen and oxygen atoms in total. The van der Waals surface area contributed by atoms with Crippen LogP contribution in [0.4, 0.5) is 5.69 Å². The van der Waals surface area contributed by atoms with Gasteiger partial charge in [0.2, 0.25) is 11.8 Å². The summed E-state index contributed by atoms with van der Waals surface area (Å²) in [6.07, 6.45) is 0.509. The lowest BCUT2D eigenvalue weighted by atomic mass is 10.1. The maximum absolute atomic E-state index is 11.9. The molecule has 2 rings (SSSR count). The highest BCUT2D eigenvalue weighted by molar-refractivity contribution is 6.30. The Balaban J connectivity index is 1.75.